The number of rotatable bonds is 6. The molecule has 1 aromatic heterocycles. The van der Waals surface area contributed by atoms with Crippen molar-refractivity contribution in [2.75, 3.05) is 23.9 Å². The minimum absolute atomic E-state index is 0.102. The summed E-state index contributed by atoms with van der Waals surface area (Å²) in [6, 6.07) is 5.12. The van der Waals surface area contributed by atoms with Gasteiger partial charge in [0, 0.05) is 30.3 Å². The number of nitrogens with one attached hydrogen (secondary N) is 1. The largest absolute Gasteiger partial charge is 0.495 e. The molecule has 0 saturated carbocycles. The lowest BCUT2D eigenvalue weighted by Crippen LogP contribution is -2.13. The average Bonchev–Trinajstić information content (AvgIpc) is 2.48. The average molecular weight is 304 g/mol. The molecule has 0 radical (unpaired) electrons. The van der Waals surface area contributed by atoms with Crippen molar-refractivity contribution < 1.29 is 9.53 Å². The highest BCUT2D eigenvalue weighted by Gasteiger charge is 2.08. The number of carbonyl (C=O) groups excluding carboxylic acids is 1. The molecule has 2 aromatic rings. The summed E-state index contributed by atoms with van der Waals surface area (Å²) in [5.41, 5.74) is 6.85. The van der Waals surface area contributed by atoms with Gasteiger partial charge in [-0.1, -0.05) is 0 Å². The fourth-order valence-electron chi connectivity index (χ4n) is 1.64. The third kappa shape index (κ3) is 4.64. The molecule has 0 aliphatic rings. The van der Waals surface area contributed by atoms with Gasteiger partial charge in [0.1, 0.15) is 10.8 Å². The number of nitrogen functional groups attached to an aromatic ring is 1. The summed E-state index contributed by atoms with van der Waals surface area (Å²) < 4.78 is 5.18. The molecule has 0 saturated heterocycles. The molecule has 0 fully saturated rings. The van der Waals surface area contributed by atoms with E-state index in [1.54, 1.807) is 43.9 Å². The molecule has 0 spiro atoms. The van der Waals surface area contributed by atoms with E-state index in [2.05, 4.69) is 15.3 Å². The number of ether oxygens (including phenoxy) is 1. The maximum Gasteiger partial charge on any atom is 0.225 e. The van der Waals surface area contributed by atoms with Crippen LogP contribution in [0.3, 0.4) is 0 Å². The van der Waals surface area contributed by atoms with E-state index >= 15 is 0 Å². The van der Waals surface area contributed by atoms with Crippen LogP contribution in [0.5, 0.6) is 5.75 Å². The molecule has 110 valence electrons. The second kappa shape index (κ2) is 7.49. The van der Waals surface area contributed by atoms with Gasteiger partial charge in [-0.2, -0.15) is 0 Å². The third-order valence-corrected chi connectivity index (χ3v) is 3.53. The lowest BCUT2D eigenvalue weighted by molar-refractivity contribution is -0.115. The van der Waals surface area contributed by atoms with Crippen molar-refractivity contribution in [3.05, 3.63) is 36.8 Å². The molecule has 1 aromatic carbocycles. The molecular formula is C14H16N4O2S. The minimum Gasteiger partial charge on any atom is -0.495 e. The lowest BCUT2D eigenvalue weighted by atomic mass is 10.2. The topological polar surface area (TPSA) is 90.1 Å². The predicted octanol–water partition coefficient (Wildman–Crippen LogP) is 2.19. The van der Waals surface area contributed by atoms with Gasteiger partial charge < -0.3 is 15.8 Å². The normalized spacial score (nSPS) is 10.1. The number of anilines is 2. The predicted molar refractivity (Wildman–Crippen MR) is 83.4 cm³/mol. The highest BCUT2D eigenvalue weighted by Crippen LogP contribution is 2.26. The summed E-state index contributed by atoms with van der Waals surface area (Å²) in [5.74, 6) is 1.10. The number of thioether (sulfide) groups is 1. The molecule has 0 atom stereocenters. The van der Waals surface area contributed by atoms with E-state index < -0.39 is 0 Å². The van der Waals surface area contributed by atoms with Gasteiger partial charge in [-0.05, 0) is 18.2 Å². The van der Waals surface area contributed by atoms with Crippen molar-refractivity contribution in [3.8, 4) is 5.75 Å². The highest BCUT2D eigenvalue weighted by atomic mass is 32.2. The zero-order valence-electron chi connectivity index (χ0n) is 11.6. The number of nitrogens with two attached hydrogens (primary N) is 1. The fourth-order valence-corrected chi connectivity index (χ4v) is 2.41. The molecule has 1 amide bonds. The van der Waals surface area contributed by atoms with E-state index in [9.17, 15) is 4.79 Å². The Kier molecular flexibility index (Phi) is 5.39. The number of carbonyl (C=O) groups is 1. The van der Waals surface area contributed by atoms with Crippen LogP contribution in [-0.2, 0) is 4.79 Å². The molecule has 7 heteroatoms. The fraction of sp³-hybridized carbons (Fsp3) is 0.214. The Hall–Kier alpha value is -2.28. The van der Waals surface area contributed by atoms with Crippen LogP contribution < -0.4 is 15.8 Å². The van der Waals surface area contributed by atoms with Crippen LogP contribution in [-0.4, -0.2) is 28.7 Å². The number of hydrogen-bond donors (Lipinski definition) is 2. The van der Waals surface area contributed by atoms with Gasteiger partial charge in [-0.3, -0.25) is 9.78 Å². The van der Waals surface area contributed by atoms with Crippen molar-refractivity contribution in [3.63, 3.8) is 0 Å². The number of hydrogen-bond acceptors (Lipinski definition) is 6. The Balaban J connectivity index is 1.86. The van der Waals surface area contributed by atoms with Crippen molar-refractivity contribution in [2.45, 2.75) is 11.4 Å². The van der Waals surface area contributed by atoms with Crippen LogP contribution in [0, 0.1) is 0 Å². The molecule has 3 N–H and O–H groups in total. The first-order valence-electron chi connectivity index (χ1n) is 6.31. The molecular weight excluding hydrogens is 288 g/mol. The monoisotopic (exact) mass is 304 g/mol. The van der Waals surface area contributed by atoms with Crippen molar-refractivity contribution >= 4 is 29.0 Å². The number of aromatic nitrogens is 2. The maximum atomic E-state index is 11.9. The Bertz CT molecular complexity index is 607. The first-order valence-corrected chi connectivity index (χ1v) is 7.30. The van der Waals surface area contributed by atoms with E-state index in [4.69, 9.17) is 10.5 Å². The van der Waals surface area contributed by atoms with Crippen LogP contribution in [0.1, 0.15) is 6.42 Å². The van der Waals surface area contributed by atoms with Gasteiger partial charge in [0.15, 0.2) is 0 Å². The maximum absolute atomic E-state index is 11.9. The zero-order valence-corrected chi connectivity index (χ0v) is 12.4. The summed E-state index contributed by atoms with van der Waals surface area (Å²) in [7, 11) is 1.55. The second-order valence-corrected chi connectivity index (χ2v) is 5.27. The molecule has 0 aliphatic heterocycles. The van der Waals surface area contributed by atoms with E-state index in [0.29, 0.717) is 29.3 Å². The van der Waals surface area contributed by atoms with Crippen LogP contribution >= 0.6 is 11.8 Å². The van der Waals surface area contributed by atoms with Gasteiger partial charge >= 0.3 is 0 Å². The van der Waals surface area contributed by atoms with E-state index in [1.807, 2.05) is 0 Å². The molecule has 2 rings (SSSR count). The summed E-state index contributed by atoms with van der Waals surface area (Å²) in [6.07, 6.45) is 5.27. The zero-order chi connectivity index (χ0) is 15.1. The summed E-state index contributed by atoms with van der Waals surface area (Å²) in [6.45, 7) is 0. The SMILES string of the molecule is COc1ccc(N)cc1NC(=O)CCSc1cnccn1. The number of amides is 1. The Morgan fingerprint density at radius 3 is 3.00 bits per heavy atom. The molecule has 21 heavy (non-hydrogen) atoms. The second-order valence-electron chi connectivity index (χ2n) is 4.15. The summed E-state index contributed by atoms with van der Waals surface area (Å²) in [4.78, 5) is 20.0. The lowest BCUT2D eigenvalue weighted by Gasteiger charge is -2.10. The molecule has 0 unspecified atom stereocenters. The highest BCUT2D eigenvalue weighted by molar-refractivity contribution is 7.99. The van der Waals surface area contributed by atoms with Crippen LogP contribution in [0.15, 0.2) is 41.8 Å². The Morgan fingerprint density at radius 2 is 2.29 bits per heavy atom. The molecule has 0 bridgehead atoms. The molecule has 6 nitrogen and oxygen atoms in total. The summed E-state index contributed by atoms with van der Waals surface area (Å²) >= 11 is 1.48. The quantitative estimate of drug-likeness (QED) is 0.628. The van der Waals surface area contributed by atoms with Gasteiger partial charge in [-0.25, -0.2) is 4.98 Å². The van der Waals surface area contributed by atoms with Crippen LogP contribution in [0.4, 0.5) is 11.4 Å². The van der Waals surface area contributed by atoms with Crippen molar-refractivity contribution in [1.82, 2.24) is 9.97 Å². The first kappa shape index (κ1) is 15.1. The van der Waals surface area contributed by atoms with E-state index in [0.717, 1.165) is 5.03 Å². The number of methoxy groups -OCH3 is 1. The van der Waals surface area contributed by atoms with Crippen LogP contribution in [0.25, 0.3) is 0 Å². The standard InChI is InChI=1S/C14H16N4O2S/c1-20-12-3-2-10(15)8-11(12)18-13(19)4-7-21-14-9-16-5-6-17-14/h2-3,5-6,8-9H,4,7,15H2,1H3,(H,18,19). The van der Waals surface area contributed by atoms with Gasteiger partial charge in [-0.15, -0.1) is 11.8 Å². The Morgan fingerprint density at radius 1 is 1.43 bits per heavy atom. The Labute approximate surface area is 127 Å². The number of nitrogens with zero attached hydrogens (tertiary/aromatic N) is 2. The van der Waals surface area contributed by atoms with E-state index in [1.165, 1.54) is 11.8 Å². The van der Waals surface area contributed by atoms with Crippen LogP contribution in [0.2, 0.25) is 0 Å². The van der Waals surface area contributed by atoms with Gasteiger partial charge in [0.2, 0.25) is 5.91 Å². The molecule has 0 aliphatic carbocycles. The first-order chi connectivity index (χ1) is 10.2. The minimum atomic E-state index is -0.102. The third-order valence-electron chi connectivity index (χ3n) is 2.62. The summed E-state index contributed by atoms with van der Waals surface area (Å²) in [5, 5.41) is 3.59. The van der Waals surface area contributed by atoms with E-state index in [-0.39, 0.29) is 5.91 Å². The smallest absolute Gasteiger partial charge is 0.225 e. The van der Waals surface area contributed by atoms with Gasteiger partial charge in [0.05, 0.1) is 19.0 Å². The van der Waals surface area contributed by atoms with Crippen molar-refractivity contribution in [2.24, 2.45) is 0 Å². The molecule has 1 heterocycles. The van der Waals surface area contributed by atoms with Gasteiger partial charge in [0.25, 0.3) is 0 Å². The number of benzene rings is 1. The van der Waals surface area contributed by atoms with Crippen molar-refractivity contribution in [1.29, 1.82) is 0 Å².